The summed E-state index contributed by atoms with van der Waals surface area (Å²) in [5.41, 5.74) is 4.57. The molecule has 0 amide bonds. The summed E-state index contributed by atoms with van der Waals surface area (Å²) in [6.07, 6.45) is 3.93. The number of benzene rings is 1. The van der Waals surface area contributed by atoms with Crippen molar-refractivity contribution in [1.82, 2.24) is 0 Å². The highest BCUT2D eigenvalue weighted by atomic mass is 19.4. The number of aromatic hydroxyl groups is 1. The van der Waals surface area contributed by atoms with E-state index in [-0.39, 0.29) is 11.9 Å². The van der Waals surface area contributed by atoms with Crippen molar-refractivity contribution < 1.29 is 27.8 Å². The second-order valence-corrected chi connectivity index (χ2v) is 12.0. The molecule has 0 aromatic heterocycles. The second kappa shape index (κ2) is 13.1. The van der Waals surface area contributed by atoms with Crippen molar-refractivity contribution in [2.75, 3.05) is 0 Å². The Morgan fingerprint density at radius 3 is 2.32 bits per heavy atom. The van der Waals surface area contributed by atoms with E-state index in [1.165, 1.54) is 6.07 Å². The van der Waals surface area contributed by atoms with Crippen LogP contribution >= 0.6 is 0 Å². The molecule has 7 heteroatoms. The Hall–Kier alpha value is -3.35. The molecule has 0 spiro atoms. The number of hydrogen-bond acceptors (Lipinski definition) is 4. The van der Waals surface area contributed by atoms with Crippen molar-refractivity contribution in [3.8, 4) is 5.75 Å². The first-order chi connectivity index (χ1) is 19.1. The van der Waals surface area contributed by atoms with Crippen LogP contribution in [-0.4, -0.2) is 22.4 Å². The number of phenols is 1. The van der Waals surface area contributed by atoms with Crippen LogP contribution in [0.25, 0.3) is 5.57 Å². The molecular weight excluding hydrogens is 527 g/mol. The molecule has 222 valence electrons. The zero-order valence-corrected chi connectivity index (χ0v) is 24.7. The number of ether oxygens (including phenoxy) is 1. The van der Waals surface area contributed by atoms with E-state index in [2.05, 4.69) is 19.7 Å². The van der Waals surface area contributed by atoms with Crippen LogP contribution in [0, 0.1) is 5.92 Å². The predicted molar refractivity (Wildman–Crippen MR) is 160 cm³/mol. The number of rotatable bonds is 7. The van der Waals surface area contributed by atoms with Crippen LogP contribution in [0.3, 0.4) is 0 Å². The minimum Gasteiger partial charge on any atom is -0.507 e. The van der Waals surface area contributed by atoms with E-state index in [9.17, 15) is 23.1 Å². The monoisotopic (exact) mass is 569 g/mol. The highest BCUT2D eigenvalue weighted by Gasteiger charge is 2.32. The Bertz CT molecular complexity index is 1310. The van der Waals surface area contributed by atoms with Gasteiger partial charge in [0, 0.05) is 16.8 Å². The number of carbonyl (C=O) groups excluding carboxylic acids is 1. The van der Waals surface area contributed by atoms with Crippen LogP contribution in [0.15, 0.2) is 77.0 Å². The number of nitrogens with zero attached hydrogens (tertiary/aromatic N) is 1. The molecule has 0 bridgehead atoms. The molecule has 1 unspecified atom stereocenters. The fourth-order valence-electron chi connectivity index (χ4n) is 5.53. The first-order valence-electron chi connectivity index (χ1n) is 14.2. The first-order valence-corrected chi connectivity index (χ1v) is 14.2. The molecule has 1 N–H and O–H groups in total. The smallest absolute Gasteiger partial charge is 0.416 e. The number of allylic oxidation sites excluding steroid dienone is 5. The second-order valence-electron chi connectivity index (χ2n) is 12.0. The third-order valence-corrected chi connectivity index (χ3v) is 7.44. The van der Waals surface area contributed by atoms with Gasteiger partial charge in [-0.05, 0) is 126 Å². The highest BCUT2D eigenvalue weighted by Crippen LogP contribution is 2.43. The predicted octanol–water partition coefficient (Wildman–Crippen LogP) is 9.67. The topological polar surface area (TPSA) is 58.9 Å². The Kier molecular flexibility index (Phi) is 10.3. The zero-order chi connectivity index (χ0) is 30.5. The van der Waals surface area contributed by atoms with Gasteiger partial charge in [-0.15, -0.1) is 6.58 Å². The van der Waals surface area contributed by atoms with E-state index >= 15 is 0 Å². The van der Waals surface area contributed by atoms with Gasteiger partial charge in [-0.2, -0.15) is 13.2 Å². The highest BCUT2D eigenvalue weighted by molar-refractivity contribution is 5.92. The standard InChI is InChI=1S/C34H42F3NO3/c1-8-12-26(28-18-17-24(20-30(28)39)34(35,36)37)27-15-9-10-16-29(27)31(21(2)3)38-25-14-11-13-23(19-25)22(4)32(40)41-33(5,6)7/h8,17-18,20,23,39H,1-2,4,9-16,19H2,3,5-7H3/b27-26+,31-29+,38-25+. The molecule has 1 aromatic rings. The van der Waals surface area contributed by atoms with Crippen molar-refractivity contribution >= 4 is 17.3 Å². The van der Waals surface area contributed by atoms with Crippen molar-refractivity contribution in [2.24, 2.45) is 10.9 Å². The normalized spacial score (nSPS) is 21.7. The molecule has 1 atom stereocenters. The maximum absolute atomic E-state index is 13.3. The number of phenolic OH excluding ortho intramolecular Hbond substituents is 1. The quantitative estimate of drug-likeness (QED) is 0.202. The van der Waals surface area contributed by atoms with Crippen molar-refractivity contribution in [2.45, 2.75) is 97.3 Å². The van der Waals surface area contributed by atoms with E-state index in [1.54, 1.807) is 6.08 Å². The van der Waals surface area contributed by atoms with Crippen LogP contribution in [0.4, 0.5) is 13.2 Å². The summed E-state index contributed by atoms with van der Waals surface area (Å²) in [5.74, 6) is -0.853. The summed E-state index contributed by atoms with van der Waals surface area (Å²) in [6, 6.07) is 3.13. The number of aliphatic imine (C=N–C) groups is 1. The van der Waals surface area contributed by atoms with Gasteiger partial charge in [-0.1, -0.05) is 25.3 Å². The Morgan fingerprint density at radius 1 is 1.10 bits per heavy atom. The molecule has 2 fully saturated rings. The van der Waals surface area contributed by atoms with Gasteiger partial charge in [-0.25, -0.2) is 4.79 Å². The van der Waals surface area contributed by atoms with Crippen LogP contribution < -0.4 is 0 Å². The number of hydrogen-bond donors (Lipinski definition) is 1. The molecule has 2 aliphatic rings. The van der Waals surface area contributed by atoms with Crippen LogP contribution in [0.1, 0.15) is 96.6 Å². The van der Waals surface area contributed by atoms with Gasteiger partial charge in [0.1, 0.15) is 11.4 Å². The van der Waals surface area contributed by atoms with E-state index in [0.717, 1.165) is 84.4 Å². The molecular formula is C34H42F3NO3. The summed E-state index contributed by atoms with van der Waals surface area (Å²) in [7, 11) is 0. The minimum atomic E-state index is -4.55. The van der Waals surface area contributed by atoms with Crippen molar-refractivity contribution in [3.05, 3.63) is 83.1 Å². The molecule has 2 saturated carbocycles. The molecule has 0 radical (unpaired) electrons. The Labute approximate surface area is 242 Å². The maximum atomic E-state index is 13.3. The molecule has 4 nitrogen and oxygen atoms in total. The molecule has 2 aliphatic carbocycles. The van der Waals surface area contributed by atoms with Gasteiger partial charge < -0.3 is 9.84 Å². The molecule has 41 heavy (non-hydrogen) atoms. The molecule has 0 heterocycles. The Balaban J connectivity index is 2.07. The van der Waals surface area contributed by atoms with Crippen LogP contribution in [0.5, 0.6) is 5.75 Å². The van der Waals surface area contributed by atoms with Gasteiger partial charge in [0.2, 0.25) is 0 Å². The minimum absolute atomic E-state index is 0.0597. The van der Waals surface area contributed by atoms with E-state index < -0.39 is 23.1 Å². The summed E-state index contributed by atoms with van der Waals surface area (Å²) in [5, 5.41) is 10.7. The Morgan fingerprint density at radius 2 is 1.76 bits per heavy atom. The molecule has 1 aromatic carbocycles. The zero-order valence-electron chi connectivity index (χ0n) is 24.7. The fourth-order valence-corrected chi connectivity index (χ4v) is 5.53. The van der Waals surface area contributed by atoms with Crippen molar-refractivity contribution in [1.29, 1.82) is 0 Å². The van der Waals surface area contributed by atoms with Crippen LogP contribution in [-0.2, 0) is 15.7 Å². The maximum Gasteiger partial charge on any atom is 0.416 e. The van der Waals surface area contributed by atoms with E-state index in [1.807, 2.05) is 27.7 Å². The van der Waals surface area contributed by atoms with Crippen LogP contribution in [0.2, 0.25) is 0 Å². The van der Waals surface area contributed by atoms with Gasteiger partial charge >= 0.3 is 12.1 Å². The average molecular weight is 570 g/mol. The van der Waals surface area contributed by atoms with E-state index in [4.69, 9.17) is 9.73 Å². The number of esters is 1. The molecule has 0 aliphatic heterocycles. The summed E-state index contributed by atoms with van der Waals surface area (Å²) in [4.78, 5) is 17.8. The lowest BCUT2D eigenvalue weighted by Gasteiger charge is -2.28. The lowest BCUT2D eigenvalue weighted by atomic mass is 9.80. The molecule has 3 rings (SSSR count). The summed E-state index contributed by atoms with van der Waals surface area (Å²) in [6.45, 7) is 19.5. The third-order valence-electron chi connectivity index (χ3n) is 7.44. The number of carbonyl (C=O) groups is 1. The molecule has 0 saturated heterocycles. The first kappa shape index (κ1) is 32.2. The van der Waals surface area contributed by atoms with Gasteiger partial charge in [0.15, 0.2) is 0 Å². The van der Waals surface area contributed by atoms with Gasteiger partial charge in [-0.3, -0.25) is 4.99 Å². The third kappa shape index (κ3) is 8.34. The SMILES string of the molecule is C=CC/C(=C1/CCCC/C1=C(\N=C1/CCCC(C(=C)C(=O)OC(C)(C)C)C1)C(=C)C)c1ccc(C(F)(F)F)cc1O. The number of alkyl halides is 3. The summed E-state index contributed by atoms with van der Waals surface area (Å²) < 4.78 is 45.4. The lowest BCUT2D eigenvalue weighted by Crippen LogP contribution is -2.28. The van der Waals surface area contributed by atoms with Crippen molar-refractivity contribution in [3.63, 3.8) is 0 Å². The fraction of sp³-hybridized carbons (Fsp3) is 0.471. The van der Waals surface area contributed by atoms with Gasteiger partial charge in [0.25, 0.3) is 0 Å². The lowest BCUT2D eigenvalue weighted by molar-refractivity contribution is -0.150. The summed E-state index contributed by atoms with van der Waals surface area (Å²) >= 11 is 0. The number of halogens is 3. The van der Waals surface area contributed by atoms with E-state index in [0.29, 0.717) is 30.4 Å². The average Bonchev–Trinajstić information content (AvgIpc) is 2.89. The largest absolute Gasteiger partial charge is 0.507 e. The van der Waals surface area contributed by atoms with Gasteiger partial charge in [0.05, 0.1) is 11.3 Å².